The maximum atomic E-state index is 12.8. The second kappa shape index (κ2) is 4.87. The second-order valence-corrected chi connectivity index (χ2v) is 7.92. The lowest BCUT2D eigenvalue weighted by Crippen LogP contribution is -2.29. The zero-order valence-electron chi connectivity index (χ0n) is 11.0. The van der Waals surface area contributed by atoms with Crippen LogP contribution >= 0.6 is 11.3 Å². The number of anilines is 1. The summed E-state index contributed by atoms with van der Waals surface area (Å²) in [7, 11) is -3.54. The molecule has 0 bridgehead atoms. The van der Waals surface area contributed by atoms with E-state index in [9.17, 15) is 8.42 Å². The van der Waals surface area contributed by atoms with Crippen molar-refractivity contribution >= 4 is 27.0 Å². The first-order valence-electron chi connectivity index (χ1n) is 6.35. The van der Waals surface area contributed by atoms with Crippen LogP contribution in [0.1, 0.15) is 15.3 Å². The predicted molar refractivity (Wildman–Crippen MR) is 79.7 cm³/mol. The Balaban J connectivity index is 2.07. The van der Waals surface area contributed by atoms with Crippen LogP contribution in [0.2, 0.25) is 0 Å². The average Bonchev–Trinajstić information content (AvgIpc) is 3.02. The molecule has 0 radical (unpaired) electrons. The molecule has 1 aromatic heterocycles. The third-order valence-corrected chi connectivity index (χ3v) is 6.60. The fraction of sp³-hybridized carbons (Fsp3) is 0.286. The van der Waals surface area contributed by atoms with Gasteiger partial charge in [-0.05, 0) is 31.0 Å². The van der Waals surface area contributed by atoms with Crippen molar-refractivity contribution < 1.29 is 13.5 Å². The third kappa shape index (κ3) is 2.04. The smallest absolute Gasteiger partial charge is 0.265 e. The van der Waals surface area contributed by atoms with Gasteiger partial charge in [-0.1, -0.05) is 18.2 Å². The van der Waals surface area contributed by atoms with E-state index in [0.29, 0.717) is 16.3 Å². The second-order valence-electron chi connectivity index (χ2n) is 4.75. The summed E-state index contributed by atoms with van der Waals surface area (Å²) in [6.45, 7) is 2.13. The molecule has 0 saturated heterocycles. The molecule has 20 heavy (non-hydrogen) atoms. The number of aryl methyl sites for hydroxylation is 1. The van der Waals surface area contributed by atoms with Gasteiger partial charge in [0.05, 0.1) is 12.3 Å². The molecule has 1 aliphatic rings. The maximum Gasteiger partial charge on any atom is 0.265 e. The summed E-state index contributed by atoms with van der Waals surface area (Å²) in [5, 5.41) is 9.17. The average molecular weight is 309 g/mol. The van der Waals surface area contributed by atoms with Gasteiger partial charge in [-0.2, -0.15) is 0 Å². The lowest BCUT2D eigenvalue weighted by atomic mass is 10.2. The lowest BCUT2D eigenvalue weighted by molar-refractivity contribution is 0.285. The minimum atomic E-state index is -3.54. The van der Waals surface area contributed by atoms with Crippen LogP contribution in [0.15, 0.2) is 35.2 Å². The normalized spacial score (nSPS) is 14.6. The molecule has 0 spiro atoms. The van der Waals surface area contributed by atoms with Crippen molar-refractivity contribution in [2.24, 2.45) is 0 Å². The van der Waals surface area contributed by atoms with E-state index in [0.717, 1.165) is 22.5 Å². The number of para-hydroxylation sites is 1. The highest BCUT2D eigenvalue weighted by Gasteiger charge is 2.32. The van der Waals surface area contributed by atoms with Crippen LogP contribution in [-0.2, 0) is 23.1 Å². The van der Waals surface area contributed by atoms with E-state index in [1.165, 1.54) is 15.6 Å². The van der Waals surface area contributed by atoms with Crippen molar-refractivity contribution in [3.8, 4) is 0 Å². The Kier molecular flexibility index (Phi) is 3.32. The van der Waals surface area contributed by atoms with Crippen LogP contribution in [0.4, 0.5) is 5.69 Å². The molecule has 3 rings (SSSR count). The van der Waals surface area contributed by atoms with Crippen molar-refractivity contribution in [2.45, 2.75) is 24.8 Å². The van der Waals surface area contributed by atoms with E-state index in [4.69, 9.17) is 5.11 Å². The summed E-state index contributed by atoms with van der Waals surface area (Å²) in [4.78, 5) is 1.70. The van der Waals surface area contributed by atoms with Crippen LogP contribution < -0.4 is 4.31 Å². The Bertz CT molecular complexity index is 750. The van der Waals surface area contributed by atoms with Crippen molar-refractivity contribution in [1.29, 1.82) is 0 Å². The fourth-order valence-electron chi connectivity index (χ4n) is 2.53. The summed E-state index contributed by atoms with van der Waals surface area (Å²) in [6, 6.07) is 9.16. The first-order valence-corrected chi connectivity index (χ1v) is 8.60. The van der Waals surface area contributed by atoms with E-state index in [1.54, 1.807) is 13.0 Å². The number of sulfonamides is 1. The molecule has 0 aliphatic carbocycles. The summed E-state index contributed by atoms with van der Waals surface area (Å²) in [5.41, 5.74) is 1.83. The van der Waals surface area contributed by atoms with Gasteiger partial charge in [0.2, 0.25) is 0 Å². The molecule has 2 aromatic rings. The lowest BCUT2D eigenvalue weighted by Gasteiger charge is -2.19. The van der Waals surface area contributed by atoms with Gasteiger partial charge in [-0.25, -0.2) is 8.42 Å². The van der Waals surface area contributed by atoms with E-state index in [1.807, 2.05) is 24.3 Å². The summed E-state index contributed by atoms with van der Waals surface area (Å²) in [5.74, 6) is 0. The van der Waals surface area contributed by atoms with Crippen LogP contribution in [0, 0.1) is 6.92 Å². The molecule has 1 aromatic carbocycles. The molecular weight excluding hydrogens is 294 g/mol. The van der Waals surface area contributed by atoms with Gasteiger partial charge in [-0.15, -0.1) is 11.3 Å². The Morgan fingerprint density at radius 3 is 2.80 bits per heavy atom. The van der Waals surface area contributed by atoms with E-state index >= 15 is 0 Å². The third-order valence-electron chi connectivity index (χ3n) is 3.49. The standard InChI is InChI=1S/C14H15NO3S2/c1-10-14(8-12(9-16)19-10)20(17,18)15-7-6-11-4-2-3-5-13(11)15/h2-5,8,16H,6-7,9H2,1H3. The van der Waals surface area contributed by atoms with Gasteiger partial charge >= 0.3 is 0 Å². The molecule has 2 heterocycles. The van der Waals surface area contributed by atoms with Gasteiger partial charge in [0, 0.05) is 16.3 Å². The van der Waals surface area contributed by atoms with Gasteiger partial charge in [-0.3, -0.25) is 4.31 Å². The number of rotatable bonds is 3. The van der Waals surface area contributed by atoms with E-state index in [-0.39, 0.29) is 6.61 Å². The molecule has 0 atom stereocenters. The number of benzene rings is 1. The molecule has 0 fully saturated rings. The Morgan fingerprint density at radius 2 is 2.10 bits per heavy atom. The monoisotopic (exact) mass is 309 g/mol. The van der Waals surface area contributed by atoms with Crippen LogP contribution in [0.25, 0.3) is 0 Å². The quantitative estimate of drug-likeness (QED) is 0.946. The highest BCUT2D eigenvalue weighted by molar-refractivity contribution is 7.93. The summed E-state index contributed by atoms with van der Waals surface area (Å²) < 4.78 is 27.1. The predicted octanol–water partition coefficient (Wildman–Crippen LogP) is 2.30. The van der Waals surface area contributed by atoms with E-state index in [2.05, 4.69) is 0 Å². The molecule has 6 heteroatoms. The van der Waals surface area contributed by atoms with Crippen LogP contribution in [0.3, 0.4) is 0 Å². The van der Waals surface area contributed by atoms with E-state index < -0.39 is 10.0 Å². The molecule has 0 amide bonds. The van der Waals surface area contributed by atoms with Crippen molar-refractivity contribution in [3.05, 3.63) is 45.6 Å². The Morgan fingerprint density at radius 1 is 1.35 bits per heavy atom. The molecule has 1 aliphatic heterocycles. The van der Waals surface area contributed by atoms with Crippen molar-refractivity contribution in [2.75, 3.05) is 10.8 Å². The molecular formula is C14H15NO3S2. The minimum absolute atomic E-state index is 0.127. The summed E-state index contributed by atoms with van der Waals surface area (Å²) >= 11 is 1.33. The Hall–Kier alpha value is -1.37. The number of aliphatic hydroxyl groups excluding tert-OH is 1. The number of aliphatic hydroxyl groups is 1. The largest absolute Gasteiger partial charge is 0.391 e. The number of hydrogen-bond acceptors (Lipinski definition) is 4. The molecule has 4 nitrogen and oxygen atoms in total. The number of nitrogens with zero attached hydrogens (tertiary/aromatic N) is 1. The molecule has 0 saturated carbocycles. The first-order chi connectivity index (χ1) is 9.54. The Labute approximate surface area is 122 Å². The zero-order chi connectivity index (χ0) is 14.3. The number of hydrogen-bond donors (Lipinski definition) is 1. The number of thiophene rings is 1. The highest BCUT2D eigenvalue weighted by atomic mass is 32.2. The topological polar surface area (TPSA) is 57.6 Å². The summed E-state index contributed by atoms with van der Waals surface area (Å²) in [6.07, 6.45) is 0.742. The van der Waals surface area contributed by atoms with Gasteiger partial charge in [0.1, 0.15) is 4.90 Å². The SMILES string of the molecule is Cc1sc(CO)cc1S(=O)(=O)N1CCc2ccccc21. The maximum absolute atomic E-state index is 12.8. The van der Waals surface area contributed by atoms with Gasteiger partial charge in [0.15, 0.2) is 0 Å². The molecule has 0 unspecified atom stereocenters. The van der Waals surface area contributed by atoms with Gasteiger partial charge in [0.25, 0.3) is 10.0 Å². The highest BCUT2D eigenvalue weighted by Crippen LogP contribution is 2.35. The van der Waals surface area contributed by atoms with Crippen LogP contribution in [0.5, 0.6) is 0 Å². The van der Waals surface area contributed by atoms with Crippen LogP contribution in [-0.4, -0.2) is 20.1 Å². The zero-order valence-corrected chi connectivity index (χ0v) is 12.7. The van der Waals surface area contributed by atoms with Crippen molar-refractivity contribution in [3.63, 3.8) is 0 Å². The van der Waals surface area contributed by atoms with Gasteiger partial charge < -0.3 is 5.11 Å². The first kappa shape index (κ1) is 13.6. The van der Waals surface area contributed by atoms with Crippen molar-refractivity contribution in [1.82, 2.24) is 0 Å². The fourth-order valence-corrected chi connectivity index (χ4v) is 5.50. The minimum Gasteiger partial charge on any atom is -0.391 e. The molecule has 1 N–H and O–H groups in total. The number of fused-ring (bicyclic) bond motifs is 1. The molecule has 106 valence electrons.